The summed E-state index contributed by atoms with van der Waals surface area (Å²) in [7, 11) is 0. The Labute approximate surface area is 238 Å². The second kappa shape index (κ2) is 13.8. The van der Waals surface area contributed by atoms with E-state index < -0.39 is 43.3 Å². The molecule has 12 nitrogen and oxygen atoms in total. The van der Waals surface area contributed by atoms with Crippen molar-refractivity contribution in [2.24, 2.45) is 5.92 Å². The molecule has 6 atom stereocenters. The largest absolute Gasteiger partial charge is 0.486 e. The zero-order valence-corrected chi connectivity index (χ0v) is 23.7. The molecule has 2 fully saturated rings. The van der Waals surface area contributed by atoms with Gasteiger partial charge in [0.15, 0.2) is 11.3 Å². The zero-order chi connectivity index (χ0) is 29.7. The van der Waals surface area contributed by atoms with Crippen molar-refractivity contribution in [3.05, 3.63) is 23.5 Å². The molecule has 1 amide bonds. The number of hydrogen-bond acceptors (Lipinski definition) is 11. The van der Waals surface area contributed by atoms with E-state index in [4.69, 9.17) is 23.4 Å². The number of aliphatic hydroxyl groups is 4. The van der Waals surface area contributed by atoms with Gasteiger partial charge >= 0.3 is 5.97 Å². The molecule has 0 radical (unpaired) electrons. The molecule has 1 aromatic carbocycles. The molecule has 0 aliphatic carbocycles. The van der Waals surface area contributed by atoms with Crippen LogP contribution >= 0.6 is 0 Å². The number of benzene rings is 1. The van der Waals surface area contributed by atoms with Gasteiger partial charge in [-0.1, -0.05) is 13.8 Å². The van der Waals surface area contributed by atoms with E-state index in [9.17, 15) is 30.0 Å². The number of fused-ring (bicyclic) bond motifs is 1. The molecular formula is C29H41NO11. The Morgan fingerprint density at radius 1 is 1.17 bits per heavy atom. The SMILES string of the molecule is CCOC(=O)CCc1cc2c([C@H]3CNC(=O)C3)coc2c(OCCCC(C)C)c1O[C@H]1O[C@H](CO)[C@@H](O)[C@H](O)[C@H]1O. The quantitative estimate of drug-likeness (QED) is 0.172. The highest BCUT2D eigenvalue weighted by atomic mass is 16.7. The van der Waals surface area contributed by atoms with Gasteiger partial charge in [-0.25, -0.2) is 0 Å². The standard InChI is InChI=1S/C29H41NO11/c1-4-37-22(33)8-7-16-10-18-19(17-11-21(32)30-12-17)14-39-27(18)28(38-9-5-6-15(2)3)26(16)41-29-25(36)24(35)23(34)20(13-31)40-29/h10,14-15,17,20,23-25,29,31,34-36H,4-9,11-13H2,1-3H3,(H,30,32)/t17-,20-,23-,24+,25-,29-/m1/s1. The molecule has 1 aromatic heterocycles. The van der Waals surface area contributed by atoms with Crippen molar-refractivity contribution in [1.82, 2.24) is 5.32 Å². The Kier molecular flexibility index (Phi) is 10.5. The zero-order valence-electron chi connectivity index (χ0n) is 23.7. The number of furan rings is 1. The molecule has 0 bridgehead atoms. The number of carbonyl (C=O) groups excluding carboxylic acids is 2. The highest BCUT2D eigenvalue weighted by Gasteiger charge is 2.45. The highest BCUT2D eigenvalue weighted by molar-refractivity contribution is 5.92. The van der Waals surface area contributed by atoms with Crippen LogP contribution in [0.1, 0.15) is 63.5 Å². The van der Waals surface area contributed by atoms with Crippen molar-refractivity contribution >= 4 is 22.8 Å². The molecule has 2 saturated heterocycles. The molecule has 2 aliphatic heterocycles. The predicted octanol–water partition coefficient (Wildman–Crippen LogP) is 1.53. The number of aliphatic hydroxyl groups excluding tert-OH is 4. The first-order valence-electron chi connectivity index (χ1n) is 14.2. The lowest BCUT2D eigenvalue weighted by atomic mass is 9.95. The Morgan fingerprint density at radius 3 is 2.61 bits per heavy atom. The predicted molar refractivity (Wildman–Crippen MR) is 145 cm³/mol. The molecule has 41 heavy (non-hydrogen) atoms. The molecule has 4 rings (SSSR count). The molecule has 2 aliphatic rings. The van der Waals surface area contributed by atoms with Crippen LogP contribution in [0.2, 0.25) is 0 Å². The summed E-state index contributed by atoms with van der Waals surface area (Å²) >= 11 is 0. The molecule has 0 saturated carbocycles. The van der Waals surface area contributed by atoms with E-state index in [0.717, 1.165) is 18.4 Å². The van der Waals surface area contributed by atoms with E-state index in [1.807, 2.05) is 0 Å². The number of hydrogen-bond donors (Lipinski definition) is 5. The first-order valence-corrected chi connectivity index (χ1v) is 14.2. The Hall–Kier alpha value is -2.90. The van der Waals surface area contributed by atoms with Crippen molar-refractivity contribution in [2.45, 2.75) is 89.5 Å². The van der Waals surface area contributed by atoms with Crippen molar-refractivity contribution in [3.8, 4) is 11.5 Å². The number of rotatable bonds is 13. The average Bonchev–Trinajstić information content (AvgIpc) is 3.56. The van der Waals surface area contributed by atoms with Crippen LogP contribution in [-0.2, 0) is 25.5 Å². The number of ether oxygens (including phenoxy) is 4. The minimum atomic E-state index is -1.65. The van der Waals surface area contributed by atoms with Crippen LogP contribution in [0.5, 0.6) is 11.5 Å². The minimum absolute atomic E-state index is 0.0217. The topological polar surface area (TPSA) is 177 Å². The molecule has 0 unspecified atom stereocenters. The van der Waals surface area contributed by atoms with Gasteiger partial charge in [-0.15, -0.1) is 0 Å². The highest BCUT2D eigenvalue weighted by Crippen LogP contribution is 2.45. The van der Waals surface area contributed by atoms with Gasteiger partial charge in [-0.3, -0.25) is 9.59 Å². The fourth-order valence-electron chi connectivity index (χ4n) is 5.20. The summed E-state index contributed by atoms with van der Waals surface area (Å²) in [5, 5.41) is 44.5. The summed E-state index contributed by atoms with van der Waals surface area (Å²) in [6.45, 7) is 6.32. The van der Waals surface area contributed by atoms with E-state index in [1.54, 1.807) is 19.3 Å². The lowest BCUT2D eigenvalue weighted by molar-refractivity contribution is -0.277. The summed E-state index contributed by atoms with van der Waals surface area (Å²) in [6.07, 6.45) is -3.77. The number of carbonyl (C=O) groups is 2. The van der Waals surface area contributed by atoms with Crippen LogP contribution in [0, 0.1) is 5.92 Å². The van der Waals surface area contributed by atoms with Crippen LogP contribution < -0.4 is 14.8 Å². The lowest BCUT2D eigenvalue weighted by Gasteiger charge is -2.39. The van der Waals surface area contributed by atoms with Crippen LogP contribution in [0.3, 0.4) is 0 Å². The van der Waals surface area contributed by atoms with Crippen molar-refractivity contribution in [3.63, 3.8) is 0 Å². The van der Waals surface area contributed by atoms with E-state index in [2.05, 4.69) is 19.2 Å². The number of nitrogens with one attached hydrogen (secondary N) is 1. The van der Waals surface area contributed by atoms with Gasteiger partial charge in [0.1, 0.15) is 24.4 Å². The molecule has 3 heterocycles. The first-order chi connectivity index (χ1) is 19.6. The van der Waals surface area contributed by atoms with Gasteiger partial charge in [-0.2, -0.15) is 0 Å². The third-order valence-corrected chi connectivity index (χ3v) is 7.46. The van der Waals surface area contributed by atoms with Gasteiger partial charge in [0.25, 0.3) is 0 Å². The number of aryl methyl sites for hydroxylation is 1. The fraction of sp³-hybridized carbons (Fsp3) is 0.655. The molecule has 5 N–H and O–H groups in total. The summed E-state index contributed by atoms with van der Waals surface area (Å²) in [4.78, 5) is 24.3. The van der Waals surface area contributed by atoms with Crippen LogP contribution in [0.15, 0.2) is 16.7 Å². The van der Waals surface area contributed by atoms with Crippen molar-refractivity contribution in [2.75, 3.05) is 26.4 Å². The molecule has 228 valence electrons. The Bertz CT molecular complexity index is 1190. The maximum atomic E-state index is 12.3. The van der Waals surface area contributed by atoms with E-state index in [1.165, 1.54) is 0 Å². The van der Waals surface area contributed by atoms with Crippen LogP contribution in [0.25, 0.3) is 11.0 Å². The second-order valence-corrected chi connectivity index (χ2v) is 11.0. The molecular weight excluding hydrogens is 538 g/mol. The minimum Gasteiger partial charge on any atom is -0.486 e. The average molecular weight is 580 g/mol. The first kappa shape index (κ1) is 31.0. The fourth-order valence-corrected chi connectivity index (χ4v) is 5.20. The van der Waals surface area contributed by atoms with Crippen molar-refractivity contribution in [1.29, 1.82) is 0 Å². The maximum Gasteiger partial charge on any atom is 0.306 e. The molecule has 2 aromatic rings. The monoisotopic (exact) mass is 579 g/mol. The maximum absolute atomic E-state index is 12.3. The Morgan fingerprint density at radius 2 is 1.95 bits per heavy atom. The third kappa shape index (κ3) is 7.12. The van der Waals surface area contributed by atoms with Gasteiger partial charge in [0.05, 0.1) is 26.1 Å². The van der Waals surface area contributed by atoms with E-state index in [-0.39, 0.29) is 42.8 Å². The summed E-state index contributed by atoms with van der Waals surface area (Å²) < 4.78 is 29.1. The number of esters is 1. The van der Waals surface area contributed by atoms with E-state index in [0.29, 0.717) is 42.0 Å². The van der Waals surface area contributed by atoms with Gasteiger partial charge in [0, 0.05) is 36.3 Å². The molecule has 12 heteroatoms. The Balaban J connectivity index is 1.78. The van der Waals surface area contributed by atoms with Gasteiger partial charge in [0.2, 0.25) is 17.9 Å². The number of amides is 1. The summed E-state index contributed by atoms with van der Waals surface area (Å²) in [6, 6.07) is 1.80. The van der Waals surface area contributed by atoms with Crippen LogP contribution in [0.4, 0.5) is 0 Å². The van der Waals surface area contributed by atoms with Crippen LogP contribution in [-0.4, -0.2) is 89.4 Å². The van der Waals surface area contributed by atoms with E-state index >= 15 is 0 Å². The lowest BCUT2D eigenvalue weighted by Crippen LogP contribution is -2.60. The summed E-state index contributed by atoms with van der Waals surface area (Å²) in [5.41, 5.74) is 1.70. The van der Waals surface area contributed by atoms with Crippen molar-refractivity contribution < 1.29 is 53.4 Å². The normalized spacial score (nSPS) is 26.4. The summed E-state index contributed by atoms with van der Waals surface area (Å²) in [5.74, 6) is 0.237. The smallest absolute Gasteiger partial charge is 0.306 e. The van der Waals surface area contributed by atoms with Gasteiger partial charge < -0.3 is 49.1 Å². The molecule has 0 spiro atoms. The van der Waals surface area contributed by atoms with Gasteiger partial charge in [-0.05, 0) is 43.7 Å². The third-order valence-electron chi connectivity index (χ3n) is 7.46. The second-order valence-electron chi connectivity index (χ2n) is 11.0.